The van der Waals surface area contributed by atoms with Crippen molar-refractivity contribution in [3.05, 3.63) is 96.1 Å². The summed E-state index contributed by atoms with van der Waals surface area (Å²) in [5.41, 5.74) is 13.5. The van der Waals surface area contributed by atoms with E-state index in [2.05, 4.69) is 35.3 Å². The molecule has 0 aliphatic carbocycles. The number of aryl methyl sites for hydroxylation is 1. The minimum Gasteiger partial charge on any atom is -0.383 e. The molecule has 4 rings (SSSR count). The molecule has 3 nitrogen and oxygen atoms in total. The second kappa shape index (κ2) is 7.38. The Morgan fingerprint density at radius 1 is 0.750 bits per heavy atom. The van der Waals surface area contributed by atoms with Gasteiger partial charge in [0.05, 0.1) is 5.69 Å². The Morgan fingerprint density at radius 2 is 1.32 bits per heavy atom. The fourth-order valence-corrected chi connectivity index (χ4v) is 3.26. The van der Waals surface area contributed by atoms with Crippen molar-refractivity contribution in [2.45, 2.75) is 6.92 Å². The summed E-state index contributed by atoms with van der Waals surface area (Å²) in [6, 6.07) is 30.7. The summed E-state index contributed by atoms with van der Waals surface area (Å²) in [4.78, 5) is 4.48. The van der Waals surface area contributed by atoms with Gasteiger partial charge in [0, 0.05) is 11.1 Å². The third-order valence-electron chi connectivity index (χ3n) is 4.81. The molecule has 0 atom stereocenters. The predicted octanol–water partition coefficient (Wildman–Crippen LogP) is 5.84. The van der Waals surface area contributed by atoms with Crippen LogP contribution in [-0.4, -0.2) is 4.98 Å². The number of nitrogen functional groups attached to an aromatic ring is 1. The van der Waals surface area contributed by atoms with Crippen LogP contribution >= 0.6 is 0 Å². The third-order valence-corrected chi connectivity index (χ3v) is 4.81. The number of aromatic nitrogens is 1. The van der Waals surface area contributed by atoms with Crippen molar-refractivity contribution in [3.8, 4) is 39.6 Å². The van der Waals surface area contributed by atoms with Crippen LogP contribution in [-0.2, 0) is 0 Å². The molecule has 28 heavy (non-hydrogen) atoms. The zero-order valence-electron chi connectivity index (χ0n) is 15.6. The molecule has 0 aliphatic rings. The minimum absolute atomic E-state index is 0.253. The summed E-state index contributed by atoms with van der Waals surface area (Å²) in [6.45, 7) is 2.04. The molecule has 0 amide bonds. The lowest BCUT2D eigenvalue weighted by Gasteiger charge is -2.11. The van der Waals surface area contributed by atoms with Gasteiger partial charge >= 0.3 is 0 Å². The van der Waals surface area contributed by atoms with E-state index in [-0.39, 0.29) is 5.82 Å². The Labute approximate surface area is 164 Å². The fourth-order valence-electron chi connectivity index (χ4n) is 3.26. The molecule has 0 spiro atoms. The predicted molar refractivity (Wildman–Crippen MR) is 114 cm³/mol. The average molecular weight is 361 g/mol. The van der Waals surface area contributed by atoms with Gasteiger partial charge in [-0.05, 0) is 29.7 Å². The SMILES string of the molecule is Cc1ccc(-c2cc(-c3ccc(-c4ccccc4)cc3)nc(N)c2C#N)cc1. The highest BCUT2D eigenvalue weighted by Gasteiger charge is 2.13. The van der Waals surface area contributed by atoms with Crippen LogP contribution in [0.5, 0.6) is 0 Å². The highest BCUT2D eigenvalue weighted by Crippen LogP contribution is 2.32. The first-order chi connectivity index (χ1) is 13.7. The van der Waals surface area contributed by atoms with Crippen LogP contribution in [0.1, 0.15) is 11.1 Å². The molecular formula is C25H19N3. The summed E-state index contributed by atoms with van der Waals surface area (Å²) in [6.07, 6.45) is 0. The molecule has 3 aromatic carbocycles. The van der Waals surface area contributed by atoms with Crippen molar-refractivity contribution in [2.24, 2.45) is 0 Å². The van der Waals surface area contributed by atoms with E-state index in [0.717, 1.165) is 27.9 Å². The van der Waals surface area contributed by atoms with Crippen LogP contribution in [0.25, 0.3) is 33.5 Å². The van der Waals surface area contributed by atoms with Crippen LogP contribution < -0.4 is 5.73 Å². The Bertz CT molecular complexity index is 1150. The van der Waals surface area contributed by atoms with E-state index >= 15 is 0 Å². The first-order valence-corrected chi connectivity index (χ1v) is 9.09. The van der Waals surface area contributed by atoms with E-state index in [1.807, 2.05) is 67.6 Å². The van der Waals surface area contributed by atoms with Crippen LogP contribution in [0.15, 0.2) is 84.9 Å². The molecule has 0 aliphatic heterocycles. The van der Waals surface area contributed by atoms with Crippen LogP contribution in [0, 0.1) is 18.3 Å². The molecule has 4 aromatic rings. The van der Waals surface area contributed by atoms with Crippen molar-refractivity contribution >= 4 is 5.82 Å². The molecule has 134 valence electrons. The number of nitriles is 1. The van der Waals surface area contributed by atoms with Gasteiger partial charge in [0.1, 0.15) is 17.5 Å². The van der Waals surface area contributed by atoms with Crippen molar-refractivity contribution in [1.29, 1.82) is 5.26 Å². The summed E-state index contributed by atoms with van der Waals surface area (Å²) in [7, 11) is 0. The molecule has 0 bridgehead atoms. The van der Waals surface area contributed by atoms with Gasteiger partial charge in [-0.1, -0.05) is 84.4 Å². The highest BCUT2D eigenvalue weighted by atomic mass is 14.8. The number of nitrogens with two attached hydrogens (primary N) is 1. The lowest BCUT2D eigenvalue weighted by atomic mass is 9.97. The standard InChI is InChI=1S/C25H19N3/c1-17-7-9-20(10-8-17)22-15-24(28-25(27)23(22)16-26)21-13-11-19(12-14-21)18-5-3-2-4-6-18/h2-15H,1H3,(H2,27,28). The van der Waals surface area contributed by atoms with Crippen molar-refractivity contribution in [1.82, 2.24) is 4.98 Å². The molecule has 1 heterocycles. The summed E-state index contributed by atoms with van der Waals surface area (Å²) < 4.78 is 0. The summed E-state index contributed by atoms with van der Waals surface area (Å²) in [5, 5.41) is 9.57. The first kappa shape index (κ1) is 17.5. The largest absolute Gasteiger partial charge is 0.383 e. The van der Waals surface area contributed by atoms with Crippen LogP contribution in [0.2, 0.25) is 0 Å². The zero-order valence-corrected chi connectivity index (χ0v) is 15.6. The summed E-state index contributed by atoms with van der Waals surface area (Å²) >= 11 is 0. The Hall–Kier alpha value is -3.90. The lowest BCUT2D eigenvalue weighted by molar-refractivity contribution is 1.31. The number of hydrogen-bond acceptors (Lipinski definition) is 3. The zero-order chi connectivity index (χ0) is 19.5. The van der Waals surface area contributed by atoms with Crippen LogP contribution in [0.3, 0.4) is 0 Å². The number of nitrogens with zero attached hydrogens (tertiary/aromatic N) is 2. The Morgan fingerprint density at radius 3 is 1.96 bits per heavy atom. The van der Waals surface area contributed by atoms with E-state index in [4.69, 9.17) is 5.73 Å². The number of rotatable bonds is 3. The van der Waals surface area contributed by atoms with Crippen molar-refractivity contribution < 1.29 is 0 Å². The van der Waals surface area contributed by atoms with Gasteiger partial charge < -0.3 is 5.73 Å². The maximum Gasteiger partial charge on any atom is 0.142 e. The fraction of sp³-hybridized carbons (Fsp3) is 0.0400. The van der Waals surface area contributed by atoms with Gasteiger partial charge in [-0.15, -0.1) is 0 Å². The van der Waals surface area contributed by atoms with Gasteiger partial charge in [0.2, 0.25) is 0 Å². The molecule has 3 heteroatoms. The van der Waals surface area contributed by atoms with E-state index < -0.39 is 0 Å². The quantitative estimate of drug-likeness (QED) is 0.498. The minimum atomic E-state index is 0.253. The number of pyridine rings is 1. The maximum atomic E-state index is 9.57. The Balaban J connectivity index is 1.78. The highest BCUT2D eigenvalue weighted by molar-refractivity contribution is 5.80. The lowest BCUT2D eigenvalue weighted by Crippen LogP contribution is -1.99. The molecule has 0 saturated heterocycles. The van der Waals surface area contributed by atoms with E-state index in [1.165, 1.54) is 11.1 Å². The maximum absolute atomic E-state index is 9.57. The molecule has 0 unspecified atom stereocenters. The normalized spacial score (nSPS) is 10.4. The van der Waals surface area contributed by atoms with Crippen LogP contribution in [0.4, 0.5) is 5.82 Å². The van der Waals surface area contributed by atoms with Crippen molar-refractivity contribution in [2.75, 3.05) is 5.73 Å². The number of anilines is 1. The smallest absolute Gasteiger partial charge is 0.142 e. The first-order valence-electron chi connectivity index (χ1n) is 9.09. The van der Waals surface area contributed by atoms with E-state index in [9.17, 15) is 5.26 Å². The monoisotopic (exact) mass is 361 g/mol. The van der Waals surface area contributed by atoms with Gasteiger partial charge in [-0.25, -0.2) is 4.98 Å². The Kier molecular flexibility index (Phi) is 4.62. The van der Waals surface area contributed by atoms with Crippen molar-refractivity contribution in [3.63, 3.8) is 0 Å². The number of benzene rings is 3. The molecule has 2 N–H and O–H groups in total. The molecule has 0 fully saturated rings. The molecule has 0 radical (unpaired) electrons. The second-order valence-corrected chi connectivity index (χ2v) is 6.74. The van der Waals surface area contributed by atoms with Gasteiger partial charge in [-0.2, -0.15) is 5.26 Å². The molecule has 1 aromatic heterocycles. The summed E-state index contributed by atoms with van der Waals surface area (Å²) in [5.74, 6) is 0.253. The second-order valence-electron chi connectivity index (χ2n) is 6.74. The average Bonchev–Trinajstić information content (AvgIpc) is 2.74. The third kappa shape index (κ3) is 3.36. The number of hydrogen-bond donors (Lipinski definition) is 1. The van der Waals surface area contributed by atoms with Gasteiger partial charge in [0.25, 0.3) is 0 Å². The van der Waals surface area contributed by atoms with E-state index in [1.54, 1.807) is 0 Å². The topological polar surface area (TPSA) is 62.7 Å². The molecular weight excluding hydrogens is 342 g/mol. The van der Waals surface area contributed by atoms with Gasteiger partial charge in [-0.3, -0.25) is 0 Å². The molecule has 0 saturated carbocycles. The van der Waals surface area contributed by atoms with Gasteiger partial charge in [0.15, 0.2) is 0 Å². The van der Waals surface area contributed by atoms with E-state index in [0.29, 0.717) is 5.56 Å².